The van der Waals surface area contributed by atoms with Crippen molar-refractivity contribution in [3.05, 3.63) is 17.5 Å². The normalized spacial score (nSPS) is 20.9. The van der Waals surface area contributed by atoms with E-state index in [9.17, 15) is 0 Å². The Balaban J connectivity index is 2.18. The molecule has 2 N–H and O–H groups in total. The highest BCUT2D eigenvalue weighted by molar-refractivity contribution is 5.21. The summed E-state index contributed by atoms with van der Waals surface area (Å²) in [7, 11) is 1.98. The van der Waals surface area contributed by atoms with Crippen LogP contribution in [0.4, 0.5) is 0 Å². The molecule has 4 nitrogen and oxygen atoms in total. The molecule has 2 rings (SSSR count). The highest BCUT2D eigenvalue weighted by Gasteiger charge is 2.38. The molecule has 0 amide bonds. The van der Waals surface area contributed by atoms with Gasteiger partial charge < -0.3 is 5.73 Å². The standard InChI is InChI=1S/C15H28N4/c1-5-15(6-2)7-8-19(11-15)14(9-16)13-10-18(4)17-12(13)3/h10,14H,5-9,11,16H2,1-4H3. The van der Waals surface area contributed by atoms with Crippen molar-refractivity contribution in [1.82, 2.24) is 14.7 Å². The maximum Gasteiger partial charge on any atom is 0.0641 e. The van der Waals surface area contributed by atoms with Gasteiger partial charge in [0.05, 0.1) is 11.7 Å². The average molecular weight is 264 g/mol. The molecule has 2 heterocycles. The van der Waals surface area contributed by atoms with Crippen LogP contribution in [0.15, 0.2) is 6.20 Å². The number of aryl methyl sites for hydroxylation is 2. The SMILES string of the molecule is CCC1(CC)CCN(C(CN)c2cn(C)nc2C)C1. The van der Waals surface area contributed by atoms with Crippen molar-refractivity contribution >= 4 is 0 Å². The van der Waals surface area contributed by atoms with E-state index in [1.54, 1.807) is 0 Å². The molecule has 0 aliphatic carbocycles. The van der Waals surface area contributed by atoms with Crippen molar-refractivity contribution in [1.29, 1.82) is 0 Å². The number of aromatic nitrogens is 2. The minimum Gasteiger partial charge on any atom is -0.329 e. The van der Waals surface area contributed by atoms with Gasteiger partial charge in [-0.15, -0.1) is 0 Å². The fourth-order valence-corrected chi connectivity index (χ4v) is 3.48. The lowest BCUT2D eigenvalue weighted by Gasteiger charge is -2.30. The molecule has 0 aromatic carbocycles. The van der Waals surface area contributed by atoms with Crippen LogP contribution in [-0.2, 0) is 7.05 Å². The van der Waals surface area contributed by atoms with Gasteiger partial charge in [0, 0.05) is 31.9 Å². The number of hydrogen-bond acceptors (Lipinski definition) is 3. The van der Waals surface area contributed by atoms with Gasteiger partial charge in [-0.3, -0.25) is 9.58 Å². The second-order valence-corrected chi connectivity index (χ2v) is 6.02. The van der Waals surface area contributed by atoms with Gasteiger partial charge in [0.15, 0.2) is 0 Å². The average Bonchev–Trinajstić information content (AvgIpc) is 2.96. The Labute approximate surface area is 117 Å². The predicted octanol–water partition coefficient (Wildman–Crippen LogP) is 2.24. The van der Waals surface area contributed by atoms with Gasteiger partial charge in [-0.2, -0.15) is 5.10 Å². The first-order chi connectivity index (χ1) is 9.05. The van der Waals surface area contributed by atoms with Crippen molar-refractivity contribution in [2.75, 3.05) is 19.6 Å². The zero-order chi connectivity index (χ0) is 14.0. The lowest BCUT2D eigenvalue weighted by Crippen LogP contribution is -2.34. The van der Waals surface area contributed by atoms with E-state index in [0.717, 1.165) is 12.2 Å². The molecular formula is C15H28N4. The fourth-order valence-electron chi connectivity index (χ4n) is 3.48. The summed E-state index contributed by atoms with van der Waals surface area (Å²) in [5.41, 5.74) is 8.97. The van der Waals surface area contributed by atoms with Gasteiger partial charge in [0.2, 0.25) is 0 Å². The molecular weight excluding hydrogens is 236 g/mol. The molecule has 0 bridgehead atoms. The highest BCUT2D eigenvalue weighted by Crippen LogP contribution is 2.40. The van der Waals surface area contributed by atoms with Crippen LogP contribution >= 0.6 is 0 Å². The Morgan fingerprint density at radius 1 is 1.42 bits per heavy atom. The lowest BCUT2D eigenvalue weighted by atomic mass is 9.82. The van der Waals surface area contributed by atoms with Gasteiger partial charge in [0.25, 0.3) is 0 Å². The second-order valence-electron chi connectivity index (χ2n) is 6.02. The molecule has 1 atom stereocenters. The Bertz CT molecular complexity index is 420. The topological polar surface area (TPSA) is 47.1 Å². The molecule has 0 spiro atoms. The summed E-state index contributed by atoms with van der Waals surface area (Å²) in [6.45, 7) is 9.74. The molecule has 19 heavy (non-hydrogen) atoms. The van der Waals surface area contributed by atoms with Crippen LogP contribution in [0.2, 0.25) is 0 Å². The Kier molecular flexibility index (Phi) is 4.31. The minimum absolute atomic E-state index is 0.327. The Hall–Kier alpha value is -0.870. The molecule has 108 valence electrons. The summed E-state index contributed by atoms with van der Waals surface area (Å²) in [4.78, 5) is 2.57. The van der Waals surface area contributed by atoms with Crippen LogP contribution in [0, 0.1) is 12.3 Å². The van der Waals surface area contributed by atoms with Gasteiger partial charge in [-0.25, -0.2) is 0 Å². The van der Waals surface area contributed by atoms with E-state index in [4.69, 9.17) is 5.73 Å². The van der Waals surface area contributed by atoms with Crippen LogP contribution in [0.3, 0.4) is 0 Å². The molecule has 4 heteroatoms. The highest BCUT2D eigenvalue weighted by atomic mass is 15.3. The van der Waals surface area contributed by atoms with Crippen molar-refractivity contribution in [2.45, 2.75) is 46.1 Å². The van der Waals surface area contributed by atoms with E-state index in [1.807, 2.05) is 11.7 Å². The second kappa shape index (κ2) is 5.63. The van der Waals surface area contributed by atoms with Crippen molar-refractivity contribution in [3.63, 3.8) is 0 Å². The predicted molar refractivity (Wildman–Crippen MR) is 78.9 cm³/mol. The monoisotopic (exact) mass is 264 g/mol. The molecule has 1 unspecified atom stereocenters. The molecule has 0 saturated carbocycles. The third-order valence-electron chi connectivity index (χ3n) is 5.04. The third kappa shape index (κ3) is 2.70. The summed E-state index contributed by atoms with van der Waals surface area (Å²) in [6, 6.07) is 0.327. The van der Waals surface area contributed by atoms with Gasteiger partial charge in [0.1, 0.15) is 0 Å². The minimum atomic E-state index is 0.327. The van der Waals surface area contributed by atoms with E-state index in [-0.39, 0.29) is 0 Å². The van der Waals surface area contributed by atoms with Gasteiger partial charge >= 0.3 is 0 Å². The van der Waals surface area contributed by atoms with E-state index in [0.29, 0.717) is 18.0 Å². The van der Waals surface area contributed by atoms with Gasteiger partial charge in [-0.05, 0) is 38.1 Å². The zero-order valence-electron chi connectivity index (χ0n) is 12.8. The van der Waals surface area contributed by atoms with E-state index in [1.165, 1.54) is 31.4 Å². The lowest BCUT2D eigenvalue weighted by molar-refractivity contribution is 0.197. The molecule has 0 radical (unpaired) electrons. The first-order valence-electron chi connectivity index (χ1n) is 7.49. The maximum atomic E-state index is 6.06. The molecule has 1 fully saturated rings. The summed E-state index contributed by atoms with van der Waals surface area (Å²) < 4.78 is 1.90. The number of hydrogen-bond donors (Lipinski definition) is 1. The number of rotatable bonds is 5. The largest absolute Gasteiger partial charge is 0.329 e. The number of nitrogens with two attached hydrogens (primary N) is 1. The summed E-state index contributed by atoms with van der Waals surface area (Å²) in [6.07, 6.45) is 5.97. The maximum absolute atomic E-state index is 6.06. The van der Waals surface area contributed by atoms with Crippen LogP contribution in [0.25, 0.3) is 0 Å². The fraction of sp³-hybridized carbons (Fsp3) is 0.800. The van der Waals surface area contributed by atoms with Crippen LogP contribution in [0.1, 0.15) is 50.4 Å². The van der Waals surface area contributed by atoms with E-state index < -0.39 is 0 Å². The van der Waals surface area contributed by atoms with E-state index >= 15 is 0 Å². The van der Waals surface area contributed by atoms with E-state index in [2.05, 4.69) is 37.0 Å². The molecule has 1 aromatic heterocycles. The van der Waals surface area contributed by atoms with Crippen LogP contribution in [-0.4, -0.2) is 34.3 Å². The molecule has 1 aliphatic heterocycles. The Morgan fingerprint density at radius 3 is 2.53 bits per heavy atom. The van der Waals surface area contributed by atoms with Crippen LogP contribution < -0.4 is 5.73 Å². The smallest absolute Gasteiger partial charge is 0.0641 e. The van der Waals surface area contributed by atoms with Gasteiger partial charge in [-0.1, -0.05) is 13.8 Å². The molecule has 1 aliphatic rings. The number of nitrogens with zero attached hydrogens (tertiary/aromatic N) is 3. The molecule has 1 saturated heterocycles. The first-order valence-corrected chi connectivity index (χ1v) is 7.49. The zero-order valence-corrected chi connectivity index (χ0v) is 12.8. The van der Waals surface area contributed by atoms with Crippen LogP contribution in [0.5, 0.6) is 0 Å². The Morgan fingerprint density at radius 2 is 2.11 bits per heavy atom. The third-order valence-corrected chi connectivity index (χ3v) is 5.04. The summed E-state index contributed by atoms with van der Waals surface area (Å²) in [5.74, 6) is 0. The van der Waals surface area contributed by atoms with Crippen molar-refractivity contribution in [3.8, 4) is 0 Å². The number of likely N-dealkylation sites (tertiary alicyclic amines) is 1. The van der Waals surface area contributed by atoms with Crippen molar-refractivity contribution in [2.24, 2.45) is 18.2 Å². The summed E-state index contributed by atoms with van der Waals surface area (Å²) in [5, 5.41) is 4.46. The van der Waals surface area contributed by atoms with Crippen molar-refractivity contribution < 1.29 is 0 Å². The molecule has 1 aromatic rings. The first kappa shape index (κ1) is 14.5. The summed E-state index contributed by atoms with van der Waals surface area (Å²) >= 11 is 0. The quantitative estimate of drug-likeness (QED) is 0.887.